The SMILES string of the molecule is COc1ccccc1N1CCN(C(C)c2ccccc2)CC1. The molecular formula is C19H24N2O. The monoisotopic (exact) mass is 296 g/mol. The van der Waals surface area contributed by atoms with Gasteiger partial charge in [0.15, 0.2) is 0 Å². The van der Waals surface area contributed by atoms with Crippen LogP contribution in [0, 0.1) is 0 Å². The first-order chi connectivity index (χ1) is 10.8. The molecule has 1 aliphatic heterocycles. The average molecular weight is 296 g/mol. The molecule has 0 aliphatic carbocycles. The third-order valence-corrected chi connectivity index (χ3v) is 4.57. The first-order valence-corrected chi connectivity index (χ1v) is 7.96. The van der Waals surface area contributed by atoms with Gasteiger partial charge >= 0.3 is 0 Å². The highest BCUT2D eigenvalue weighted by atomic mass is 16.5. The molecule has 0 N–H and O–H groups in total. The quantitative estimate of drug-likeness (QED) is 0.857. The van der Waals surface area contributed by atoms with E-state index in [0.29, 0.717) is 6.04 Å². The third kappa shape index (κ3) is 3.09. The minimum atomic E-state index is 0.473. The van der Waals surface area contributed by atoms with Crippen LogP contribution in [0.4, 0.5) is 5.69 Å². The molecule has 1 atom stereocenters. The second-order valence-corrected chi connectivity index (χ2v) is 5.78. The Bertz CT molecular complexity index is 591. The largest absolute Gasteiger partial charge is 0.495 e. The van der Waals surface area contributed by atoms with Gasteiger partial charge in [-0.3, -0.25) is 4.90 Å². The Balaban J connectivity index is 1.65. The number of methoxy groups -OCH3 is 1. The molecule has 1 fully saturated rings. The number of nitrogens with zero attached hydrogens (tertiary/aromatic N) is 2. The van der Waals surface area contributed by atoms with Gasteiger partial charge in [0.25, 0.3) is 0 Å². The van der Waals surface area contributed by atoms with Gasteiger partial charge in [0.2, 0.25) is 0 Å². The summed E-state index contributed by atoms with van der Waals surface area (Å²) in [5.41, 5.74) is 2.60. The molecule has 3 nitrogen and oxygen atoms in total. The molecule has 3 heteroatoms. The van der Waals surface area contributed by atoms with E-state index in [0.717, 1.165) is 31.9 Å². The summed E-state index contributed by atoms with van der Waals surface area (Å²) < 4.78 is 5.49. The first kappa shape index (κ1) is 14.9. The number of ether oxygens (including phenoxy) is 1. The summed E-state index contributed by atoms with van der Waals surface area (Å²) in [4.78, 5) is 4.98. The molecule has 0 bridgehead atoms. The smallest absolute Gasteiger partial charge is 0.142 e. The molecule has 3 rings (SSSR count). The second-order valence-electron chi connectivity index (χ2n) is 5.78. The molecule has 22 heavy (non-hydrogen) atoms. The minimum Gasteiger partial charge on any atom is -0.495 e. The van der Waals surface area contributed by atoms with Crippen molar-refractivity contribution in [2.24, 2.45) is 0 Å². The van der Waals surface area contributed by atoms with Crippen molar-refractivity contribution in [3.05, 3.63) is 60.2 Å². The molecule has 0 amide bonds. The first-order valence-electron chi connectivity index (χ1n) is 7.96. The van der Waals surface area contributed by atoms with Crippen LogP contribution in [0.5, 0.6) is 5.75 Å². The maximum Gasteiger partial charge on any atom is 0.142 e. The van der Waals surface area contributed by atoms with E-state index in [4.69, 9.17) is 4.74 Å². The van der Waals surface area contributed by atoms with E-state index in [1.807, 2.05) is 12.1 Å². The van der Waals surface area contributed by atoms with Crippen LogP contribution < -0.4 is 9.64 Å². The molecular weight excluding hydrogens is 272 g/mol. The van der Waals surface area contributed by atoms with Gasteiger partial charge < -0.3 is 9.64 Å². The molecule has 1 saturated heterocycles. The number of benzene rings is 2. The van der Waals surface area contributed by atoms with Crippen molar-refractivity contribution in [3.63, 3.8) is 0 Å². The van der Waals surface area contributed by atoms with Crippen LogP contribution in [0.1, 0.15) is 18.5 Å². The van der Waals surface area contributed by atoms with E-state index in [2.05, 4.69) is 59.2 Å². The highest BCUT2D eigenvalue weighted by Crippen LogP contribution is 2.29. The van der Waals surface area contributed by atoms with Crippen molar-refractivity contribution < 1.29 is 4.74 Å². The highest BCUT2D eigenvalue weighted by molar-refractivity contribution is 5.58. The number of piperazine rings is 1. The third-order valence-electron chi connectivity index (χ3n) is 4.57. The molecule has 0 radical (unpaired) electrons. The van der Waals surface area contributed by atoms with Crippen molar-refractivity contribution in [1.29, 1.82) is 0 Å². The Morgan fingerprint density at radius 3 is 2.18 bits per heavy atom. The molecule has 1 heterocycles. The number of hydrogen-bond donors (Lipinski definition) is 0. The summed E-state index contributed by atoms with van der Waals surface area (Å²) in [6, 6.07) is 19.5. The summed E-state index contributed by atoms with van der Waals surface area (Å²) in [6.45, 7) is 6.53. The van der Waals surface area contributed by atoms with Crippen molar-refractivity contribution in [3.8, 4) is 5.75 Å². The van der Waals surface area contributed by atoms with Crippen LogP contribution in [0.2, 0.25) is 0 Å². The fourth-order valence-electron chi connectivity index (χ4n) is 3.18. The van der Waals surface area contributed by atoms with Gasteiger partial charge in [-0.25, -0.2) is 0 Å². The zero-order valence-electron chi connectivity index (χ0n) is 13.4. The van der Waals surface area contributed by atoms with Crippen molar-refractivity contribution in [2.45, 2.75) is 13.0 Å². The maximum absolute atomic E-state index is 5.49. The lowest BCUT2D eigenvalue weighted by Gasteiger charge is -2.39. The van der Waals surface area contributed by atoms with Crippen LogP contribution >= 0.6 is 0 Å². The van der Waals surface area contributed by atoms with Gasteiger partial charge in [-0.05, 0) is 24.6 Å². The van der Waals surface area contributed by atoms with Gasteiger partial charge in [-0.15, -0.1) is 0 Å². The molecule has 0 spiro atoms. The fourth-order valence-corrected chi connectivity index (χ4v) is 3.18. The highest BCUT2D eigenvalue weighted by Gasteiger charge is 2.23. The molecule has 2 aromatic rings. The van der Waals surface area contributed by atoms with E-state index in [9.17, 15) is 0 Å². The Morgan fingerprint density at radius 1 is 0.864 bits per heavy atom. The lowest BCUT2D eigenvalue weighted by molar-refractivity contribution is 0.198. The van der Waals surface area contributed by atoms with Gasteiger partial charge in [0, 0.05) is 32.2 Å². The zero-order valence-corrected chi connectivity index (χ0v) is 13.4. The molecule has 0 saturated carbocycles. The predicted molar refractivity (Wildman–Crippen MR) is 91.6 cm³/mol. The molecule has 116 valence electrons. The minimum absolute atomic E-state index is 0.473. The van der Waals surface area contributed by atoms with E-state index in [1.165, 1.54) is 11.3 Å². The Labute approximate surface area is 133 Å². The van der Waals surface area contributed by atoms with Crippen molar-refractivity contribution >= 4 is 5.69 Å². The van der Waals surface area contributed by atoms with Gasteiger partial charge in [0.1, 0.15) is 5.75 Å². The van der Waals surface area contributed by atoms with Gasteiger partial charge in [-0.1, -0.05) is 42.5 Å². The summed E-state index contributed by atoms with van der Waals surface area (Å²) in [6.07, 6.45) is 0. The average Bonchev–Trinajstić information content (AvgIpc) is 2.62. The number of anilines is 1. The molecule has 2 aromatic carbocycles. The van der Waals surface area contributed by atoms with Crippen LogP contribution in [0.25, 0.3) is 0 Å². The maximum atomic E-state index is 5.49. The topological polar surface area (TPSA) is 15.7 Å². The van der Waals surface area contributed by atoms with Gasteiger partial charge in [-0.2, -0.15) is 0 Å². The van der Waals surface area contributed by atoms with Crippen LogP contribution in [0.15, 0.2) is 54.6 Å². The zero-order chi connectivity index (χ0) is 15.4. The van der Waals surface area contributed by atoms with E-state index in [1.54, 1.807) is 7.11 Å². The number of hydrogen-bond acceptors (Lipinski definition) is 3. The molecule has 1 unspecified atom stereocenters. The Morgan fingerprint density at radius 2 is 1.50 bits per heavy atom. The lowest BCUT2D eigenvalue weighted by atomic mass is 10.1. The summed E-state index contributed by atoms with van der Waals surface area (Å²) in [7, 11) is 1.74. The normalized spacial score (nSPS) is 17.3. The van der Waals surface area contributed by atoms with Crippen molar-refractivity contribution in [1.82, 2.24) is 4.90 Å². The number of para-hydroxylation sites is 2. The summed E-state index contributed by atoms with van der Waals surface area (Å²) in [5.74, 6) is 0.965. The van der Waals surface area contributed by atoms with Crippen molar-refractivity contribution in [2.75, 3.05) is 38.2 Å². The van der Waals surface area contributed by atoms with E-state index in [-0.39, 0.29) is 0 Å². The van der Waals surface area contributed by atoms with Crippen LogP contribution in [0.3, 0.4) is 0 Å². The van der Waals surface area contributed by atoms with E-state index < -0.39 is 0 Å². The Hall–Kier alpha value is -2.00. The van der Waals surface area contributed by atoms with E-state index >= 15 is 0 Å². The second kappa shape index (κ2) is 6.84. The van der Waals surface area contributed by atoms with Crippen LogP contribution in [-0.4, -0.2) is 38.2 Å². The van der Waals surface area contributed by atoms with Gasteiger partial charge in [0.05, 0.1) is 12.8 Å². The standard InChI is InChI=1S/C19H24N2O/c1-16(17-8-4-3-5-9-17)20-12-14-21(15-13-20)18-10-6-7-11-19(18)22-2/h3-11,16H,12-15H2,1-2H3. The predicted octanol–water partition coefficient (Wildman–Crippen LogP) is 3.58. The Kier molecular flexibility index (Phi) is 4.64. The molecule has 1 aliphatic rings. The fraction of sp³-hybridized carbons (Fsp3) is 0.368. The lowest BCUT2D eigenvalue weighted by Crippen LogP contribution is -2.47. The van der Waals surface area contributed by atoms with Crippen LogP contribution in [-0.2, 0) is 0 Å². The summed E-state index contributed by atoms with van der Waals surface area (Å²) >= 11 is 0. The summed E-state index contributed by atoms with van der Waals surface area (Å²) in [5, 5.41) is 0. The number of rotatable bonds is 4. The molecule has 0 aromatic heterocycles.